The van der Waals surface area contributed by atoms with Crippen LogP contribution in [0.3, 0.4) is 0 Å². The third-order valence-electron chi connectivity index (χ3n) is 3.64. The van der Waals surface area contributed by atoms with Crippen molar-refractivity contribution in [3.63, 3.8) is 0 Å². The van der Waals surface area contributed by atoms with Crippen LogP contribution in [0.2, 0.25) is 0 Å². The van der Waals surface area contributed by atoms with Gasteiger partial charge in [-0.15, -0.1) is 0 Å². The molecule has 2 N–H and O–H groups in total. The van der Waals surface area contributed by atoms with Crippen LogP contribution in [0.15, 0.2) is 48.5 Å². The van der Waals surface area contributed by atoms with E-state index in [9.17, 15) is 9.59 Å². The van der Waals surface area contributed by atoms with Crippen LogP contribution < -0.4 is 10.6 Å². The van der Waals surface area contributed by atoms with E-state index in [0.29, 0.717) is 11.3 Å². The fraction of sp³-hybridized carbons (Fsp3) is 0.211. The summed E-state index contributed by atoms with van der Waals surface area (Å²) in [4.78, 5) is 25.6. The average Bonchev–Trinajstić information content (AvgIpc) is 2.56. The highest BCUT2D eigenvalue weighted by molar-refractivity contribution is 7.80. The molecule has 2 rings (SSSR count). The molecule has 0 saturated heterocycles. The van der Waals surface area contributed by atoms with E-state index in [-0.39, 0.29) is 23.3 Å². The van der Waals surface area contributed by atoms with Gasteiger partial charge in [-0.1, -0.05) is 30.3 Å². The maximum absolute atomic E-state index is 12.1. The summed E-state index contributed by atoms with van der Waals surface area (Å²) in [6.45, 7) is 1.96. The van der Waals surface area contributed by atoms with E-state index < -0.39 is 0 Å². The Morgan fingerprint density at radius 1 is 1.08 bits per heavy atom. The van der Waals surface area contributed by atoms with Crippen molar-refractivity contribution in [2.45, 2.75) is 13.3 Å². The Bertz CT molecular complexity index is 803. The van der Waals surface area contributed by atoms with Crippen LogP contribution in [0.4, 0.5) is 5.69 Å². The lowest BCUT2D eigenvalue weighted by molar-refractivity contribution is -0.119. The Labute approximate surface area is 153 Å². The van der Waals surface area contributed by atoms with Crippen molar-refractivity contribution in [2.24, 2.45) is 0 Å². The van der Waals surface area contributed by atoms with Gasteiger partial charge in [-0.25, -0.2) is 0 Å². The molecule has 2 aromatic carbocycles. The molecule has 130 valence electrons. The molecule has 0 aliphatic carbocycles. The molecular weight excluding hydrogens is 334 g/mol. The van der Waals surface area contributed by atoms with Gasteiger partial charge in [-0.3, -0.25) is 9.59 Å². The normalized spacial score (nSPS) is 10.0. The maximum Gasteiger partial charge on any atom is 0.253 e. The van der Waals surface area contributed by atoms with E-state index in [1.54, 1.807) is 38.4 Å². The molecule has 6 heteroatoms. The lowest BCUT2D eigenvalue weighted by Gasteiger charge is -2.13. The quantitative estimate of drug-likeness (QED) is 0.828. The molecule has 0 aliphatic rings. The molecular formula is C19H21N3O2S. The van der Waals surface area contributed by atoms with E-state index in [0.717, 1.165) is 11.1 Å². The highest BCUT2D eigenvalue weighted by Crippen LogP contribution is 2.12. The van der Waals surface area contributed by atoms with Crippen molar-refractivity contribution in [3.8, 4) is 0 Å². The highest BCUT2D eigenvalue weighted by atomic mass is 32.1. The fourth-order valence-electron chi connectivity index (χ4n) is 2.30. The SMILES string of the molecule is Cc1ccccc1CC(=O)NC(=S)Nc1cccc(C(=O)N(C)C)c1. The first-order chi connectivity index (χ1) is 11.9. The number of benzene rings is 2. The molecule has 0 fully saturated rings. The minimum Gasteiger partial charge on any atom is -0.345 e. The van der Waals surface area contributed by atoms with Crippen molar-refractivity contribution >= 4 is 34.8 Å². The zero-order valence-corrected chi connectivity index (χ0v) is 15.3. The van der Waals surface area contributed by atoms with Gasteiger partial charge in [0, 0.05) is 25.3 Å². The third-order valence-corrected chi connectivity index (χ3v) is 3.84. The van der Waals surface area contributed by atoms with Gasteiger partial charge in [-0.2, -0.15) is 0 Å². The highest BCUT2D eigenvalue weighted by Gasteiger charge is 2.10. The standard InChI is InChI=1S/C19H21N3O2S/c1-13-7-4-5-8-14(13)12-17(23)21-19(25)20-16-10-6-9-15(11-16)18(24)22(2)3/h4-11H,12H2,1-3H3,(H2,20,21,23,25). The molecule has 0 spiro atoms. The first-order valence-electron chi connectivity index (χ1n) is 7.84. The summed E-state index contributed by atoms with van der Waals surface area (Å²) in [6, 6.07) is 14.7. The summed E-state index contributed by atoms with van der Waals surface area (Å²) in [5.41, 5.74) is 3.21. The van der Waals surface area contributed by atoms with E-state index in [1.807, 2.05) is 31.2 Å². The molecule has 0 bridgehead atoms. The Kier molecular flexibility index (Phi) is 6.25. The molecule has 0 radical (unpaired) electrons. The van der Waals surface area contributed by atoms with Crippen molar-refractivity contribution in [2.75, 3.05) is 19.4 Å². The summed E-state index contributed by atoms with van der Waals surface area (Å²) in [7, 11) is 3.39. The van der Waals surface area contributed by atoms with Crippen molar-refractivity contribution in [1.82, 2.24) is 10.2 Å². The topological polar surface area (TPSA) is 61.4 Å². The third kappa shape index (κ3) is 5.39. The molecule has 0 aliphatic heterocycles. The molecule has 2 amide bonds. The van der Waals surface area contributed by atoms with Crippen molar-refractivity contribution in [3.05, 3.63) is 65.2 Å². The number of aryl methyl sites for hydroxylation is 1. The van der Waals surface area contributed by atoms with Gasteiger partial charge < -0.3 is 15.5 Å². The van der Waals surface area contributed by atoms with Crippen LogP contribution in [0.1, 0.15) is 21.5 Å². The number of rotatable bonds is 4. The Hall–Kier alpha value is -2.73. The van der Waals surface area contributed by atoms with Gasteiger partial charge in [0.05, 0.1) is 6.42 Å². The minimum absolute atomic E-state index is 0.0989. The van der Waals surface area contributed by atoms with E-state index in [2.05, 4.69) is 10.6 Å². The van der Waals surface area contributed by atoms with Gasteiger partial charge >= 0.3 is 0 Å². The van der Waals surface area contributed by atoms with Crippen molar-refractivity contribution in [1.29, 1.82) is 0 Å². The largest absolute Gasteiger partial charge is 0.345 e. The Balaban J connectivity index is 1.96. The number of nitrogens with zero attached hydrogens (tertiary/aromatic N) is 1. The van der Waals surface area contributed by atoms with E-state index in [1.165, 1.54) is 4.90 Å². The number of amides is 2. The van der Waals surface area contributed by atoms with Crippen LogP contribution in [0.25, 0.3) is 0 Å². The number of thiocarbonyl (C=S) groups is 1. The predicted octanol–water partition coefficient (Wildman–Crippen LogP) is 2.75. The molecule has 0 heterocycles. The molecule has 5 nitrogen and oxygen atoms in total. The number of carbonyl (C=O) groups excluding carboxylic acids is 2. The number of anilines is 1. The molecule has 0 atom stereocenters. The molecule has 0 unspecified atom stereocenters. The molecule has 0 saturated carbocycles. The van der Waals surface area contributed by atoms with Crippen LogP contribution in [0, 0.1) is 6.92 Å². The second kappa shape index (κ2) is 8.39. The number of hydrogen-bond acceptors (Lipinski definition) is 3. The molecule has 0 aromatic heterocycles. The second-order valence-corrected chi connectivity index (χ2v) is 6.29. The van der Waals surface area contributed by atoms with Gasteiger partial charge in [0.2, 0.25) is 5.91 Å². The monoisotopic (exact) mass is 355 g/mol. The first kappa shape index (κ1) is 18.6. The van der Waals surface area contributed by atoms with E-state index >= 15 is 0 Å². The van der Waals surface area contributed by atoms with Crippen LogP contribution >= 0.6 is 12.2 Å². The average molecular weight is 355 g/mol. The Morgan fingerprint density at radius 2 is 1.80 bits per heavy atom. The van der Waals surface area contributed by atoms with Gasteiger partial charge in [0.1, 0.15) is 0 Å². The van der Waals surface area contributed by atoms with Gasteiger partial charge in [-0.05, 0) is 48.5 Å². The molecule has 25 heavy (non-hydrogen) atoms. The zero-order chi connectivity index (χ0) is 18.4. The number of hydrogen-bond donors (Lipinski definition) is 2. The lowest BCUT2D eigenvalue weighted by atomic mass is 10.1. The van der Waals surface area contributed by atoms with Gasteiger partial charge in [0.15, 0.2) is 5.11 Å². The number of carbonyl (C=O) groups is 2. The summed E-state index contributed by atoms with van der Waals surface area (Å²) in [5, 5.41) is 5.80. The maximum atomic E-state index is 12.1. The molecule has 2 aromatic rings. The summed E-state index contributed by atoms with van der Waals surface area (Å²) in [6.07, 6.45) is 0.258. The summed E-state index contributed by atoms with van der Waals surface area (Å²) in [5.74, 6) is -0.287. The van der Waals surface area contributed by atoms with E-state index in [4.69, 9.17) is 12.2 Å². The first-order valence-corrected chi connectivity index (χ1v) is 8.24. The van der Waals surface area contributed by atoms with Crippen LogP contribution in [-0.2, 0) is 11.2 Å². The smallest absolute Gasteiger partial charge is 0.253 e. The van der Waals surface area contributed by atoms with Crippen LogP contribution in [0.5, 0.6) is 0 Å². The number of nitrogens with one attached hydrogen (secondary N) is 2. The summed E-state index contributed by atoms with van der Waals surface area (Å²) >= 11 is 5.18. The lowest BCUT2D eigenvalue weighted by Crippen LogP contribution is -2.35. The summed E-state index contributed by atoms with van der Waals surface area (Å²) < 4.78 is 0. The fourth-order valence-corrected chi connectivity index (χ4v) is 2.53. The van der Waals surface area contributed by atoms with Gasteiger partial charge in [0.25, 0.3) is 5.91 Å². The Morgan fingerprint density at radius 3 is 2.48 bits per heavy atom. The minimum atomic E-state index is -0.188. The van der Waals surface area contributed by atoms with Crippen molar-refractivity contribution < 1.29 is 9.59 Å². The zero-order valence-electron chi connectivity index (χ0n) is 14.5. The predicted molar refractivity (Wildman–Crippen MR) is 104 cm³/mol. The second-order valence-electron chi connectivity index (χ2n) is 5.89. The van der Waals surface area contributed by atoms with Crippen LogP contribution in [-0.4, -0.2) is 35.9 Å².